The Morgan fingerprint density at radius 3 is 2.85 bits per heavy atom. The SMILES string of the molecule is COc1ccc2c(c1)CCc1c(C(=O)Nc3cc(Cl)ccc3Cl)noc1-2. The normalized spacial score (nSPS) is 12.3. The molecule has 0 unspecified atom stereocenters. The van der Waals surface area contributed by atoms with Crippen molar-refractivity contribution in [1.29, 1.82) is 0 Å². The summed E-state index contributed by atoms with van der Waals surface area (Å²) in [6, 6.07) is 10.6. The van der Waals surface area contributed by atoms with Crippen molar-refractivity contribution in [3.05, 3.63) is 63.3 Å². The molecule has 5 nitrogen and oxygen atoms in total. The number of carbonyl (C=O) groups is 1. The Balaban J connectivity index is 1.67. The molecule has 1 aliphatic rings. The van der Waals surface area contributed by atoms with E-state index in [1.807, 2.05) is 18.2 Å². The summed E-state index contributed by atoms with van der Waals surface area (Å²) < 4.78 is 10.8. The zero-order valence-electron chi connectivity index (χ0n) is 13.8. The highest BCUT2D eigenvalue weighted by Gasteiger charge is 2.28. The second-order valence-electron chi connectivity index (χ2n) is 5.94. The van der Waals surface area contributed by atoms with E-state index in [9.17, 15) is 4.79 Å². The zero-order valence-corrected chi connectivity index (χ0v) is 15.3. The van der Waals surface area contributed by atoms with Gasteiger partial charge in [-0.15, -0.1) is 0 Å². The van der Waals surface area contributed by atoms with Crippen LogP contribution in [0.25, 0.3) is 11.3 Å². The van der Waals surface area contributed by atoms with Crippen molar-refractivity contribution in [2.24, 2.45) is 0 Å². The highest BCUT2D eigenvalue weighted by atomic mass is 35.5. The number of rotatable bonds is 3. The predicted molar refractivity (Wildman–Crippen MR) is 100 cm³/mol. The van der Waals surface area contributed by atoms with Crippen LogP contribution < -0.4 is 10.1 Å². The van der Waals surface area contributed by atoms with Crippen molar-refractivity contribution < 1.29 is 14.1 Å². The summed E-state index contributed by atoms with van der Waals surface area (Å²) in [6.07, 6.45) is 1.43. The number of hydrogen-bond donors (Lipinski definition) is 1. The molecule has 2 aromatic carbocycles. The van der Waals surface area contributed by atoms with Crippen molar-refractivity contribution in [3.8, 4) is 17.1 Å². The molecular formula is C19H14Cl2N2O3. The predicted octanol–water partition coefficient (Wildman–Crippen LogP) is 5.01. The van der Waals surface area contributed by atoms with Crippen molar-refractivity contribution in [3.63, 3.8) is 0 Å². The number of nitrogens with one attached hydrogen (secondary N) is 1. The number of benzene rings is 2. The van der Waals surface area contributed by atoms with Gasteiger partial charge in [0.1, 0.15) is 5.75 Å². The maximum absolute atomic E-state index is 12.7. The van der Waals surface area contributed by atoms with Crippen LogP contribution >= 0.6 is 23.2 Å². The molecule has 26 heavy (non-hydrogen) atoms. The summed E-state index contributed by atoms with van der Waals surface area (Å²) in [4.78, 5) is 12.7. The number of ether oxygens (including phenoxy) is 1. The monoisotopic (exact) mass is 388 g/mol. The van der Waals surface area contributed by atoms with Gasteiger partial charge in [0.2, 0.25) is 0 Å². The van der Waals surface area contributed by atoms with Gasteiger partial charge in [0.15, 0.2) is 11.5 Å². The molecule has 7 heteroatoms. The van der Waals surface area contributed by atoms with E-state index in [0.29, 0.717) is 27.9 Å². The highest BCUT2D eigenvalue weighted by molar-refractivity contribution is 6.35. The van der Waals surface area contributed by atoms with Crippen molar-refractivity contribution in [2.45, 2.75) is 12.8 Å². The Kier molecular flexibility index (Phi) is 4.34. The summed E-state index contributed by atoms with van der Waals surface area (Å²) in [5.74, 6) is 1.03. The van der Waals surface area contributed by atoms with Gasteiger partial charge in [-0.1, -0.05) is 28.4 Å². The number of amides is 1. The smallest absolute Gasteiger partial charge is 0.278 e. The third kappa shape index (κ3) is 2.93. The van der Waals surface area contributed by atoms with Crippen LogP contribution in [0.2, 0.25) is 10.0 Å². The lowest BCUT2D eigenvalue weighted by Gasteiger charge is -2.15. The Labute approximate surface area is 159 Å². The van der Waals surface area contributed by atoms with Crippen LogP contribution in [0.1, 0.15) is 21.6 Å². The fraction of sp³-hybridized carbons (Fsp3) is 0.158. The maximum atomic E-state index is 12.7. The molecule has 0 fully saturated rings. The molecule has 0 saturated carbocycles. The first-order valence-electron chi connectivity index (χ1n) is 7.99. The van der Waals surface area contributed by atoms with Crippen LogP contribution in [-0.4, -0.2) is 18.2 Å². The molecular weight excluding hydrogens is 375 g/mol. The number of fused-ring (bicyclic) bond motifs is 3. The molecule has 4 rings (SSSR count). The largest absolute Gasteiger partial charge is 0.497 e. The summed E-state index contributed by atoms with van der Waals surface area (Å²) in [5, 5.41) is 7.62. The Morgan fingerprint density at radius 1 is 1.19 bits per heavy atom. The first-order chi connectivity index (χ1) is 12.6. The molecule has 1 aliphatic carbocycles. The number of halogens is 2. The van der Waals surface area contributed by atoms with E-state index >= 15 is 0 Å². The van der Waals surface area contributed by atoms with E-state index in [0.717, 1.165) is 28.9 Å². The topological polar surface area (TPSA) is 64.4 Å². The van der Waals surface area contributed by atoms with Gasteiger partial charge in [-0.3, -0.25) is 4.79 Å². The lowest BCUT2D eigenvalue weighted by Crippen LogP contribution is -2.16. The molecule has 1 heterocycles. The number of anilines is 1. The van der Waals surface area contributed by atoms with Gasteiger partial charge in [0.25, 0.3) is 5.91 Å². The van der Waals surface area contributed by atoms with Crippen LogP contribution in [0.5, 0.6) is 5.75 Å². The van der Waals surface area contributed by atoms with Crippen molar-refractivity contribution in [2.75, 3.05) is 12.4 Å². The summed E-state index contributed by atoms with van der Waals surface area (Å²) in [5.41, 5.74) is 3.52. The van der Waals surface area contributed by atoms with Crippen LogP contribution in [0.3, 0.4) is 0 Å². The Hall–Kier alpha value is -2.50. The average molecular weight is 389 g/mol. The standard InChI is InChI=1S/C19H14Cl2N2O3/c1-25-12-4-6-13-10(8-12)2-5-14-17(23-26-18(13)14)19(24)22-16-9-11(20)3-7-15(16)21/h3-4,6-9H,2,5H2,1H3,(H,22,24). The lowest BCUT2D eigenvalue weighted by molar-refractivity contribution is 0.101. The molecule has 0 saturated heterocycles. The van der Waals surface area contributed by atoms with Gasteiger partial charge in [-0.25, -0.2) is 0 Å². The van der Waals surface area contributed by atoms with Crippen LogP contribution in [0.4, 0.5) is 5.69 Å². The van der Waals surface area contributed by atoms with Gasteiger partial charge in [-0.05, 0) is 54.8 Å². The van der Waals surface area contributed by atoms with Crippen molar-refractivity contribution in [1.82, 2.24) is 5.16 Å². The summed E-state index contributed by atoms with van der Waals surface area (Å²) in [6.45, 7) is 0. The number of hydrogen-bond acceptors (Lipinski definition) is 4. The minimum Gasteiger partial charge on any atom is -0.497 e. The Bertz CT molecular complexity index is 1010. The molecule has 0 atom stereocenters. The summed E-state index contributed by atoms with van der Waals surface area (Å²) in [7, 11) is 1.63. The summed E-state index contributed by atoms with van der Waals surface area (Å²) >= 11 is 12.1. The molecule has 132 valence electrons. The van der Waals surface area contributed by atoms with E-state index in [1.54, 1.807) is 25.3 Å². The maximum Gasteiger partial charge on any atom is 0.278 e. The minimum absolute atomic E-state index is 0.262. The first-order valence-corrected chi connectivity index (χ1v) is 8.74. The van der Waals surface area contributed by atoms with E-state index in [-0.39, 0.29) is 11.6 Å². The molecule has 0 aliphatic heterocycles. The van der Waals surface area contributed by atoms with Crippen molar-refractivity contribution >= 4 is 34.8 Å². The van der Waals surface area contributed by atoms with Gasteiger partial charge >= 0.3 is 0 Å². The zero-order chi connectivity index (χ0) is 18.3. The van der Waals surface area contributed by atoms with E-state index in [4.69, 9.17) is 32.5 Å². The molecule has 0 radical (unpaired) electrons. The number of aryl methyl sites for hydroxylation is 1. The van der Waals surface area contributed by atoms with Crippen LogP contribution in [0.15, 0.2) is 40.9 Å². The second-order valence-corrected chi connectivity index (χ2v) is 6.78. The highest BCUT2D eigenvalue weighted by Crippen LogP contribution is 2.37. The average Bonchev–Trinajstić information content (AvgIpc) is 3.08. The second kappa shape index (κ2) is 6.67. The Morgan fingerprint density at radius 2 is 2.04 bits per heavy atom. The number of carbonyl (C=O) groups excluding carboxylic acids is 1. The van der Waals surface area contributed by atoms with Gasteiger partial charge in [-0.2, -0.15) is 0 Å². The lowest BCUT2D eigenvalue weighted by atomic mass is 9.89. The molecule has 0 bridgehead atoms. The van der Waals surface area contributed by atoms with Gasteiger partial charge < -0.3 is 14.6 Å². The fourth-order valence-corrected chi connectivity index (χ4v) is 3.43. The number of methoxy groups -OCH3 is 1. The minimum atomic E-state index is -0.379. The quantitative estimate of drug-likeness (QED) is 0.684. The number of nitrogens with zero attached hydrogens (tertiary/aromatic N) is 1. The third-order valence-corrected chi connectivity index (χ3v) is 4.95. The third-order valence-electron chi connectivity index (χ3n) is 4.38. The molecule has 1 aromatic heterocycles. The molecule has 1 N–H and O–H groups in total. The molecule has 0 spiro atoms. The van der Waals surface area contributed by atoms with Crippen LogP contribution in [0, 0.1) is 0 Å². The first kappa shape index (κ1) is 16.9. The fourth-order valence-electron chi connectivity index (χ4n) is 3.09. The van der Waals surface area contributed by atoms with Gasteiger partial charge in [0.05, 0.1) is 17.8 Å². The van der Waals surface area contributed by atoms with E-state index in [2.05, 4.69) is 10.5 Å². The number of aromatic nitrogens is 1. The molecule has 3 aromatic rings. The van der Waals surface area contributed by atoms with Crippen LogP contribution in [-0.2, 0) is 12.8 Å². The van der Waals surface area contributed by atoms with E-state index < -0.39 is 0 Å². The van der Waals surface area contributed by atoms with E-state index in [1.165, 1.54) is 0 Å². The van der Waals surface area contributed by atoms with Gasteiger partial charge in [0, 0.05) is 16.1 Å². The molecule has 1 amide bonds.